The van der Waals surface area contributed by atoms with Crippen molar-refractivity contribution in [3.8, 4) is 11.6 Å². The molecule has 168 valence electrons. The first-order valence-corrected chi connectivity index (χ1v) is 10.1. The Bertz CT molecular complexity index is 980. The molecule has 1 aromatic carbocycles. The summed E-state index contributed by atoms with van der Waals surface area (Å²) in [5.41, 5.74) is 6.86. The molecule has 1 fully saturated rings. The van der Waals surface area contributed by atoms with Crippen molar-refractivity contribution in [1.29, 1.82) is 0 Å². The van der Waals surface area contributed by atoms with Crippen molar-refractivity contribution in [2.45, 2.75) is 45.1 Å². The van der Waals surface area contributed by atoms with Gasteiger partial charge in [-0.25, -0.2) is 19.6 Å². The van der Waals surface area contributed by atoms with Gasteiger partial charge in [-0.2, -0.15) is 0 Å². The van der Waals surface area contributed by atoms with Crippen LogP contribution in [0.2, 0.25) is 0 Å². The highest BCUT2D eigenvalue weighted by Crippen LogP contribution is 2.37. The number of aromatic nitrogens is 2. The van der Waals surface area contributed by atoms with E-state index in [4.69, 9.17) is 19.9 Å². The lowest BCUT2D eigenvalue weighted by atomic mass is 9.88. The summed E-state index contributed by atoms with van der Waals surface area (Å²) in [6.45, 7) is 6.71. The van der Waals surface area contributed by atoms with Gasteiger partial charge in [0, 0.05) is 19.2 Å². The maximum atomic E-state index is 12.4. The van der Waals surface area contributed by atoms with E-state index in [9.17, 15) is 9.59 Å². The average molecular weight is 431 g/mol. The predicted molar refractivity (Wildman–Crippen MR) is 116 cm³/mol. The van der Waals surface area contributed by atoms with Gasteiger partial charge < -0.3 is 24.8 Å². The number of nitrogens with two attached hydrogens (primary N) is 1. The molecule has 0 spiro atoms. The predicted octanol–water partition coefficient (Wildman–Crippen LogP) is 3.25. The minimum Gasteiger partial charge on any atom is -0.497 e. The molecule has 3 amide bonds. The van der Waals surface area contributed by atoms with E-state index in [2.05, 4.69) is 15.3 Å². The van der Waals surface area contributed by atoms with E-state index in [0.29, 0.717) is 29.9 Å². The fourth-order valence-electron chi connectivity index (χ4n) is 3.61. The first-order valence-electron chi connectivity index (χ1n) is 10.1. The molecule has 0 saturated carbocycles. The molecule has 3 N–H and O–H groups in total. The van der Waals surface area contributed by atoms with Crippen LogP contribution in [-0.2, 0) is 4.74 Å². The Labute approximate surface area is 181 Å². The molecule has 0 unspecified atom stereocenters. The number of likely N-dealkylation sites (tertiary alicyclic amines) is 1. The molecule has 10 nitrogen and oxygen atoms in total. The van der Waals surface area contributed by atoms with Gasteiger partial charge in [0.15, 0.2) is 5.82 Å². The number of benzene rings is 1. The molecule has 0 aliphatic carbocycles. The molecule has 1 aromatic heterocycles. The highest BCUT2D eigenvalue weighted by atomic mass is 16.6. The lowest BCUT2D eigenvalue weighted by Crippen LogP contribution is -2.41. The third-order valence-electron chi connectivity index (χ3n) is 5.00. The second-order valence-corrected chi connectivity index (χ2v) is 8.40. The van der Waals surface area contributed by atoms with Crippen LogP contribution in [0, 0.1) is 0 Å². The van der Waals surface area contributed by atoms with Crippen LogP contribution in [0.3, 0.4) is 0 Å². The van der Waals surface area contributed by atoms with Crippen LogP contribution in [0.1, 0.15) is 45.1 Å². The zero-order valence-corrected chi connectivity index (χ0v) is 18.5. The van der Waals surface area contributed by atoms with E-state index < -0.39 is 11.6 Å². The Kier molecular flexibility index (Phi) is 6.37. The fourth-order valence-corrected chi connectivity index (χ4v) is 3.61. The summed E-state index contributed by atoms with van der Waals surface area (Å²) in [5, 5.41) is 2.43. The summed E-state index contributed by atoms with van der Waals surface area (Å²) < 4.78 is 16.2. The molecule has 31 heavy (non-hydrogen) atoms. The quantitative estimate of drug-likeness (QED) is 0.760. The maximum Gasteiger partial charge on any atom is 0.410 e. The number of fused-ring (bicyclic) bond motifs is 1. The van der Waals surface area contributed by atoms with Crippen LogP contribution >= 0.6 is 0 Å². The second kappa shape index (κ2) is 8.83. The number of carbonyl (C=O) groups excluding carboxylic acids is 2. The molecular formula is C21H29N5O5. The average Bonchev–Trinajstić information content (AvgIpc) is 2.70. The van der Waals surface area contributed by atoms with Gasteiger partial charge in [-0.15, -0.1) is 0 Å². The van der Waals surface area contributed by atoms with Crippen LogP contribution in [-0.4, -0.2) is 59.9 Å². The van der Waals surface area contributed by atoms with Gasteiger partial charge in [-0.05, 0) is 51.2 Å². The van der Waals surface area contributed by atoms with E-state index in [-0.39, 0.29) is 23.7 Å². The first-order chi connectivity index (χ1) is 14.6. The monoisotopic (exact) mass is 431 g/mol. The van der Waals surface area contributed by atoms with E-state index in [1.807, 2.05) is 26.8 Å². The third-order valence-corrected chi connectivity index (χ3v) is 5.00. The van der Waals surface area contributed by atoms with E-state index >= 15 is 0 Å². The first kappa shape index (κ1) is 22.4. The highest BCUT2D eigenvalue weighted by Gasteiger charge is 2.29. The number of primary amides is 1. The van der Waals surface area contributed by atoms with Gasteiger partial charge in [0.05, 0.1) is 25.3 Å². The SMILES string of the molecule is COc1cc(C2CCN(C(=O)OC(C)(C)C)CC2)c2nc(OC)c(NC(N)=O)nc2c1. The van der Waals surface area contributed by atoms with E-state index in [1.165, 1.54) is 7.11 Å². The molecular weight excluding hydrogens is 402 g/mol. The van der Waals surface area contributed by atoms with E-state index in [1.54, 1.807) is 18.1 Å². The number of nitrogens with zero attached hydrogens (tertiary/aromatic N) is 3. The molecule has 0 atom stereocenters. The summed E-state index contributed by atoms with van der Waals surface area (Å²) in [7, 11) is 3.03. The number of rotatable bonds is 4. The van der Waals surface area contributed by atoms with Crippen LogP contribution in [0.15, 0.2) is 12.1 Å². The summed E-state index contributed by atoms with van der Waals surface area (Å²) in [4.78, 5) is 34.5. The number of anilines is 1. The number of piperidine rings is 1. The molecule has 1 aliphatic heterocycles. The van der Waals surface area contributed by atoms with Crippen molar-refractivity contribution in [2.75, 3.05) is 32.6 Å². The van der Waals surface area contributed by atoms with Crippen molar-refractivity contribution in [3.05, 3.63) is 17.7 Å². The Balaban J connectivity index is 1.91. The molecule has 0 bridgehead atoms. The molecule has 2 heterocycles. The van der Waals surface area contributed by atoms with Gasteiger partial charge in [0.25, 0.3) is 5.88 Å². The zero-order valence-electron chi connectivity index (χ0n) is 18.5. The van der Waals surface area contributed by atoms with Crippen molar-refractivity contribution < 1.29 is 23.8 Å². The number of nitrogens with one attached hydrogen (secondary N) is 1. The molecule has 1 aliphatic rings. The van der Waals surface area contributed by atoms with Crippen molar-refractivity contribution >= 4 is 29.0 Å². The van der Waals surface area contributed by atoms with Gasteiger partial charge in [0.1, 0.15) is 11.4 Å². The van der Waals surface area contributed by atoms with Crippen LogP contribution in [0.5, 0.6) is 11.6 Å². The lowest BCUT2D eigenvalue weighted by molar-refractivity contribution is 0.0205. The normalized spacial score (nSPS) is 14.9. The minimum atomic E-state index is -0.760. The van der Waals surface area contributed by atoms with E-state index in [0.717, 1.165) is 18.4 Å². The standard InChI is InChI=1S/C21H29N5O5/c1-21(2,3)31-20(28)26-8-6-12(7-9-26)14-10-13(29-4)11-15-16(14)24-18(30-5)17(23-15)25-19(22)27/h10-12H,6-9H2,1-5H3,(H3,22,23,25,27). The summed E-state index contributed by atoms with van der Waals surface area (Å²) in [6, 6.07) is 2.92. The minimum absolute atomic E-state index is 0.140. The Morgan fingerprint density at radius 2 is 1.81 bits per heavy atom. The summed E-state index contributed by atoms with van der Waals surface area (Å²) in [5.74, 6) is 1.08. The molecule has 2 aromatic rings. The largest absolute Gasteiger partial charge is 0.497 e. The molecule has 0 radical (unpaired) electrons. The van der Waals surface area contributed by atoms with Crippen LogP contribution in [0.25, 0.3) is 11.0 Å². The Morgan fingerprint density at radius 1 is 1.13 bits per heavy atom. The van der Waals surface area contributed by atoms with Crippen molar-refractivity contribution in [3.63, 3.8) is 0 Å². The smallest absolute Gasteiger partial charge is 0.410 e. The Morgan fingerprint density at radius 3 is 2.35 bits per heavy atom. The van der Waals surface area contributed by atoms with Gasteiger partial charge >= 0.3 is 12.1 Å². The topological polar surface area (TPSA) is 129 Å². The summed E-state index contributed by atoms with van der Waals surface area (Å²) in [6.07, 6.45) is 1.18. The number of amides is 3. The van der Waals surface area contributed by atoms with Crippen LogP contribution in [0.4, 0.5) is 15.4 Å². The molecule has 10 heteroatoms. The van der Waals surface area contributed by atoms with Gasteiger partial charge in [-0.3, -0.25) is 5.32 Å². The number of hydrogen-bond donors (Lipinski definition) is 2. The summed E-state index contributed by atoms with van der Waals surface area (Å²) >= 11 is 0. The number of hydrogen-bond acceptors (Lipinski definition) is 7. The number of methoxy groups -OCH3 is 2. The van der Waals surface area contributed by atoms with Gasteiger partial charge in [0.2, 0.25) is 0 Å². The van der Waals surface area contributed by atoms with Crippen molar-refractivity contribution in [1.82, 2.24) is 14.9 Å². The second-order valence-electron chi connectivity index (χ2n) is 8.40. The third kappa shape index (κ3) is 5.25. The molecule has 1 saturated heterocycles. The van der Waals surface area contributed by atoms with Gasteiger partial charge in [-0.1, -0.05) is 0 Å². The zero-order chi connectivity index (χ0) is 22.8. The fraction of sp³-hybridized carbons (Fsp3) is 0.524. The highest BCUT2D eigenvalue weighted by molar-refractivity contribution is 5.90. The maximum absolute atomic E-state index is 12.4. The van der Waals surface area contributed by atoms with Crippen molar-refractivity contribution in [2.24, 2.45) is 5.73 Å². The Hall–Kier alpha value is -3.30. The lowest BCUT2D eigenvalue weighted by Gasteiger charge is -2.33. The number of urea groups is 1. The van der Waals surface area contributed by atoms with Crippen LogP contribution < -0.4 is 20.5 Å². The number of ether oxygens (including phenoxy) is 3. The molecule has 3 rings (SSSR count). The number of carbonyl (C=O) groups is 2.